The third-order valence-electron chi connectivity index (χ3n) is 6.48. The number of tetrazole rings is 1. The highest BCUT2D eigenvalue weighted by Gasteiger charge is 2.31. The molecule has 1 amide bonds. The lowest BCUT2D eigenvalue weighted by atomic mass is 10.1. The summed E-state index contributed by atoms with van der Waals surface area (Å²) in [7, 11) is 0. The maximum absolute atomic E-state index is 14.1. The quantitative estimate of drug-likeness (QED) is 0.430. The lowest BCUT2D eigenvalue weighted by Gasteiger charge is -2.33. The normalized spacial score (nSPS) is 16.4. The van der Waals surface area contributed by atoms with Crippen molar-refractivity contribution in [2.24, 2.45) is 0 Å². The number of benzene rings is 2. The van der Waals surface area contributed by atoms with Crippen LogP contribution in [0.15, 0.2) is 48.7 Å². The summed E-state index contributed by atoms with van der Waals surface area (Å²) in [6, 6.07) is 11.0. The second kappa shape index (κ2) is 9.08. The summed E-state index contributed by atoms with van der Waals surface area (Å²) < 4.78 is 29.3. The van der Waals surface area contributed by atoms with Gasteiger partial charge in [0.15, 0.2) is 17.5 Å². The molecule has 0 aliphatic carbocycles. The van der Waals surface area contributed by atoms with E-state index in [0.29, 0.717) is 53.2 Å². The van der Waals surface area contributed by atoms with Crippen molar-refractivity contribution < 1.29 is 18.7 Å². The van der Waals surface area contributed by atoms with E-state index in [9.17, 15) is 13.6 Å². The van der Waals surface area contributed by atoms with Gasteiger partial charge >= 0.3 is 6.09 Å². The smallest absolute Gasteiger partial charge is 0.404 e. The van der Waals surface area contributed by atoms with Crippen LogP contribution in [0.2, 0.25) is 0 Å². The molecule has 0 spiro atoms. The fourth-order valence-corrected chi connectivity index (χ4v) is 4.81. The second-order valence-electron chi connectivity index (χ2n) is 8.88. The van der Waals surface area contributed by atoms with Crippen LogP contribution in [-0.4, -0.2) is 60.5 Å². The van der Waals surface area contributed by atoms with Gasteiger partial charge in [-0.25, -0.2) is 18.6 Å². The lowest BCUT2D eigenvalue weighted by molar-refractivity contribution is 0.188. The number of para-hydroxylation sites is 2. The van der Waals surface area contributed by atoms with Crippen molar-refractivity contribution in [1.82, 2.24) is 35.5 Å². The van der Waals surface area contributed by atoms with Crippen molar-refractivity contribution in [3.05, 3.63) is 65.9 Å². The Hall–Kier alpha value is -4.68. The number of piperidine rings is 1. The van der Waals surface area contributed by atoms with Crippen molar-refractivity contribution in [1.29, 1.82) is 0 Å². The van der Waals surface area contributed by atoms with Crippen LogP contribution in [0.25, 0.3) is 17.1 Å². The van der Waals surface area contributed by atoms with Crippen molar-refractivity contribution in [2.75, 3.05) is 22.9 Å². The molecule has 2 aromatic heterocycles. The third kappa shape index (κ3) is 4.17. The van der Waals surface area contributed by atoms with Gasteiger partial charge in [0.05, 0.1) is 16.9 Å². The monoisotopic (exact) mass is 505 g/mol. The third-order valence-corrected chi connectivity index (χ3v) is 6.48. The highest BCUT2D eigenvalue weighted by molar-refractivity contribution is 5.83. The number of anilines is 3. The number of nitrogens with one attached hydrogen (secondary N) is 1. The SMILES string of the molecule is O=C(O)NC1CCCN(c2ncc3c(n2)N(Cc2ccc(F)c(F)c2)c2ccccc2-n2nnnc2-3)C1. The first kappa shape index (κ1) is 22.8. The van der Waals surface area contributed by atoms with Crippen LogP contribution < -0.4 is 15.1 Å². The van der Waals surface area contributed by atoms with Gasteiger partial charge < -0.3 is 20.2 Å². The van der Waals surface area contributed by atoms with Crippen molar-refractivity contribution in [2.45, 2.75) is 25.4 Å². The van der Waals surface area contributed by atoms with Gasteiger partial charge in [-0.2, -0.15) is 9.67 Å². The van der Waals surface area contributed by atoms with Gasteiger partial charge in [0.1, 0.15) is 5.82 Å². The highest BCUT2D eigenvalue weighted by atomic mass is 19.2. The number of aromatic nitrogens is 6. The van der Waals surface area contributed by atoms with Crippen molar-refractivity contribution in [3.8, 4) is 17.1 Å². The zero-order chi connectivity index (χ0) is 25.5. The predicted molar refractivity (Wildman–Crippen MR) is 129 cm³/mol. The summed E-state index contributed by atoms with van der Waals surface area (Å²) in [4.78, 5) is 24.5. The van der Waals surface area contributed by atoms with E-state index in [1.54, 1.807) is 10.9 Å². The van der Waals surface area contributed by atoms with E-state index >= 15 is 0 Å². The summed E-state index contributed by atoms with van der Waals surface area (Å²) in [6.07, 6.45) is 2.05. The number of nitrogens with zero attached hydrogens (tertiary/aromatic N) is 8. The molecular weight excluding hydrogens is 484 g/mol. The highest BCUT2D eigenvalue weighted by Crippen LogP contribution is 2.41. The molecule has 4 heterocycles. The fourth-order valence-electron chi connectivity index (χ4n) is 4.81. The first-order valence-electron chi connectivity index (χ1n) is 11.7. The minimum atomic E-state index is -1.07. The predicted octanol–water partition coefficient (Wildman–Crippen LogP) is 3.29. The van der Waals surface area contributed by atoms with Gasteiger partial charge in [-0.3, -0.25) is 0 Å². The van der Waals surface area contributed by atoms with Gasteiger partial charge in [0.25, 0.3) is 0 Å². The zero-order valence-electron chi connectivity index (χ0n) is 19.4. The molecule has 6 rings (SSSR count). The van der Waals surface area contributed by atoms with E-state index in [4.69, 9.17) is 10.1 Å². The van der Waals surface area contributed by atoms with Crippen LogP contribution in [0.1, 0.15) is 18.4 Å². The van der Waals surface area contributed by atoms with Crippen LogP contribution in [-0.2, 0) is 6.54 Å². The first-order chi connectivity index (χ1) is 18.0. The maximum atomic E-state index is 14.1. The average Bonchev–Trinajstić information content (AvgIpc) is 3.35. The van der Waals surface area contributed by atoms with Gasteiger partial charge in [0, 0.05) is 31.9 Å². The zero-order valence-corrected chi connectivity index (χ0v) is 19.4. The summed E-state index contributed by atoms with van der Waals surface area (Å²) in [5.41, 5.74) is 2.50. The Morgan fingerprint density at radius 2 is 1.97 bits per heavy atom. The standard InChI is InChI=1S/C24H21F2N9O2/c25-17-8-7-14(10-18(17)26)12-34-19-5-1-2-6-20(19)35-22(30-31-32-35)16-11-27-23(29-21(16)34)33-9-3-4-15(13-33)28-24(36)37/h1-2,5-8,10-11,15,28H,3-4,9,12-13H2,(H,36,37). The molecular formula is C24H21F2N9O2. The number of carbonyl (C=O) groups is 1. The summed E-state index contributed by atoms with van der Waals surface area (Å²) in [6.45, 7) is 1.26. The molecule has 0 saturated carbocycles. The van der Waals surface area contributed by atoms with Crippen LogP contribution in [0.4, 0.5) is 31.0 Å². The molecule has 2 aromatic carbocycles. The molecule has 4 aromatic rings. The Labute approximate surface area is 209 Å². The van der Waals surface area contributed by atoms with E-state index in [0.717, 1.165) is 25.0 Å². The molecule has 1 saturated heterocycles. The van der Waals surface area contributed by atoms with E-state index in [1.165, 1.54) is 6.07 Å². The Bertz CT molecular complexity index is 1490. The van der Waals surface area contributed by atoms with E-state index < -0.39 is 17.7 Å². The van der Waals surface area contributed by atoms with E-state index in [-0.39, 0.29) is 12.6 Å². The minimum absolute atomic E-state index is 0.180. The molecule has 0 bridgehead atoms. The molecule has 11 nitrogen and oxygen atoms in total. The van der Waals surface area contributed by atoms with Gasteiger partial charge in [-0.15, -0.1) is 5.10 Å². The van der Waals surface area contributed by atoms with Crippen LogP contribution in [0, 0.1) is 11.6 Å². The molecule has 2 aliphatic rings. The molecule has 0 radical (unpaired) electrons. The van der Waals surface area contributed by atoms with Crippen LogP contribution in [0.3, 0.4) is 0 Å². The summed E-state index contributed by atoms with van der Waals surface area (Å²) in [5.74, 6) is -0.511. The first-order valence-corrected chi connectivity index (χ1v) is 11.7. The molecule has 37 heavy (non-hydrogen) atoms. The summed E-state index contributed by atoms with van der Waals surface area (Å²) in [5, 5.41) is 23.9. The van der Waals surface area contributed by atoms with Gasteiger partial charge in [-0.1, -0.05) is 18.2 Å². The fraction of sp³-hybridized carbons (Fsp3) is 0.250. The number of carboxylic acid groups (broad SMARTS) is 1. The van der Waals surface area contributed by atoms with Gasteiger partial charge in [0.2, 0.25) is 5.95 Å². The molecule has 1 fully saturated rings. The number of fused-ring (bicyclic) bond motifs is 5. The molecule has 188 valence electrons. The van der Waals surface area contributed by atoms with E-state index in [2.05, 4.69) is 25.8 Å². The Kier molecular flexibility index (Phi) is 5.58. The Balaban J connectivity index is 1.47. The maximum Gasteiger partial charge on any atom is 0.404 e. The lowest BCUT2D eigenvalue weighted by Crippen LogP contribution is -2.48. The van der Waals surface area contributed by atoms with Crippen molar-refractivity contribution >= 4 is 23.5 Å². The van der Waals surface area contributed by atoms with Crippen molar-refractivity contribution in [3.63, 3.8) is 0 Å². The number of hydrogen-bond donors (Lipinski definition) is 2. The van der Waals surface area contributed by atoms with Gasteiger partial charge in [-0.05, 0) is 53.1 Å². The largest absolute Gasteiger partial charge is 0.465 e. The topological polar surface area (TPSA) is 125 Å². The molecule has 1 atom stereocenters. The van der Waals surface area contributed by atoms with Crippen LogP contribution >= 0.6 is 0 Å². The van der Waals surface area contributed by atoms with Crippen LogP contribution in [0.5, 0.6) is 0 Å². The minimum Gasteiger partial charge on any atom is -0.465 e. The number of rotatable bonds is 4. The molecule has 2 N–H and O–H groups in total. The molecule has 1 unspecified atom stereocenters. The number of halogens is 2. The van der Waals surface area contributed by atoms with E-state index in [1.807, 2.05) is 34.1 Å². The Morgan fingerprint density at radius 1 is 1.14 bits per heavy atom. The average molecular weight is 505 g/mol. The molecule has 13 heteroatoms. The molecule has 2 aliphatic heterocycles. The Morgan fingerprint density at radius 3 is 2.78 bits per heavy atom. The number of amides is 1. The number of hydrogen-bond acceptors (Lipinski definition) is 8. The second-order valence-corrected chi connectivity index (χ2v) is 8.88. The summed E-state index contributed by atoms with van der Waals surface area (Å²) >= 11 is 0.